The highest BCUT2D eigenvalue weighted by Gasteiger charge is 2.18. The van der Waals surface area contributed by atoms with Crippen LogP contribution in [0.2, 0.25) is 0 Å². The lowest BCUT2D eigenvalue weighted by Gasteiger charge is -2.06. The van der Waals surface area contributed by atoms with E-state index in [1.807, 2.05) is 31.2 Å². The molecule has 3 rings (SSSR count). The molecule has 0 radical (unpaired) electrons. The summed E-state index contributed by atoms with van der Waals surface area (Å²) in [5, 5.41) is 3.74. The van der Waals surface area contributed by atoms with Crippen LogP contribution in [0.3, 0.4) is 0 Å². The van der Waals surface area contributed by atoms with E-state index >= 15 is 0 Å². The summed E-state index contributed by atoms with van der Waals surface area (Å²) in [5.41, 5.74) is 2.10. The van der Waals surface area contributed by atoms with Gasteiger partial charge >= 0.3 is 0 Å². The van der Waals surface area contributed by atoms with Gasteiger partial charge in [0.25, 0.3) is 5.91 Å². The number of Topliss-reactive ketones (excluding diaryl/α,β-unsaturated/α-hetero) is 1. The zero-order valence-corrected chi connectivity index (χ0v) is 14.9. The van der Waals surface area contributed by atoms with Gasteiger partial charge in [-0.25, -0.2) is 4.98 Å². The Morgan fingerprint density at radius 1 is 1.26 bits per heavy atom. The van der Waals surface area contributed by atoms with Gasteiger partial charge in [-0.05, 0) is 53.5 Å². The standard InChI is InChI=1S/C17H13BrN2O2S/c1-9-12-7-11(10(2)21)8-19-17(12)23-15(9)16(22)20-14-6-4-3-5-13(14)18/h3-8H,1-2H3,(H,20,22). The number of hydrogen-bond acceptors (Lipinski definition) is 4. The summed E-state index contributed by atoms with van der Waals surface area (Å²) >= 11 is 4.74. The second-order valence-corrected chi connectivity index (χ2v) is 6.98. The molecule has 0 saturated heterocycles. The van der Waals surface area contributed by atoms with Crippen molar-refractivity contribution in [3.8, 4) is 0 Å². The van der Waals surface area contributed by atoms with Crippen LogP contribution in [-0.2, 0) is 0 Å². The molecule has 1 N–H and O–H groups in total. The topological polar surface area (TPSA) is 59.1 Å². The van der Waals surface area contributed by atoms with Crippen LogP contribution < -0.4 is 5.32 Å². The van der Waals surface area contributed by atoms with Crippen molar-refractivity contribution < 1.29 is 9.59 Å². The second kappa shape index (κ2) is 6.22. The normalized spacial score (nSPS) is 10.7. The number of carbonyl (C=O) groups excluding carboxylic acids is 2. The molecule has 2 heterocycles. The number of aryl methyl sites for hydroxylation is 1. The highest BCUT2D eigenvalue weighted by molar-refractivity contribution is 9.10. The van der Waals surface area contributed by atoms with Gasteiger partial charge in [0.2, 0.25) is 0 Å². The molecule has 0 spiro atoms. The molecule has 23 heavy (non-hydrogen) atoms. The summed E-state index contributed by atoms with van der Waals surface area (Å²) in [7, 11) is 0. The fraction of sp³-hybridized carbons (Fsp3) is 0.118. The van der Waals surface area contributed by atoms with Crippen LogP contribution in [0.15, 0.2) is 41.0 Å². The van der Waals surface area contributed by atoms with E-state index in [1.54, 1.807) is 12.3 Å². The number of benzene rings is 1. The van der Waals surface area contributed by atoms with Crippen LogP contribution in [0.25, 0.3) is 10.2 Å². The van der Waals surface area contributed by atoms with E-state index in [1.165, 1.54) is 18.3 Å². The maximum atomic E-state index is 12.6. The number of thiophene rings is 1. The summed E-state index contributed by atoms with van der Waals surface area (Å²) in [5.74, 6) is -0.217. The van der Waals surface area contributed by atoms with Crippen molar-refractivity contribution in [1.82, 2.24) is 4.98 Å². The van der Waals surface area contributed by atoms with E-state index in [9.17, 15) is 9.59 Å². The Kier molecular flexibility index (Phi) is 4.28. The molecule has 0 unspecified atom stereocenters. The third-order valence-electron chi connectivity index (χ3n) is 3.53. The SMILES string of the molecule is CC(=O)c1cnc2sc(C(=O)Nc3ccccc3Br)c(C)c2c1. The molecule has 2 aromatic heterocycles. The van der Waals surface area contributed by atoms with Gasteiger partial charge in [-0.15, -0.1) is 11.3 Å². The molecule has 0 saturated carbocycles. The fourth-order valence-corrected chi connectivity index (χ4v) is 3.66. The van der Waals surface area contributed by atoms with Gasteiger partial charge in [0.1, 0.15) is 4.83 Å². The molecule has 0 aliphatic rings. The van der Waals surface area contributed by atoms with Gasteiger partial charge in [-0.3, -0.25) is 9.59 Å². The van der Waals surface area contributed by atoms with Gasteiger partial charge in [-0.1, -0.05) is 12.1 Å². The first kappa shape index (κ1) is 15.8. The molecule has 6 heteroatoms. The minimum Gasteiger partial charge on any atom is -0.320 e. The van der Waals surface area contributed by atoms with Crippen LogP contribution in [0.5, 0.6) is 0 Å². The Morgan fingerprint density at radius 3 is 2.70 bits per heavy atom. The molecule has 0 bridgehead atoms. The van der Waals surface area contributed by atoms with Crippen molar-refractivity contribution in [3.05, 3.63) is 57.0 Å². The van der Waals surface area contributed by atoms with Gasteiger partial charge in [0, 0.05) is 21.6 Å². The number of para-hydroxylation sites is 1. The number of ketones is 1. The van der Waals surface area contributed by atoms with Gasteiger partial charge in [0.05, 0.1) is 10.6 Å². The van der Waals surface area contributed by atoms with E-state index in [2.05, 4.69) is 26.2 Å². The number of pyridine rings is 1. The van der Waals surface area contributed by atoms with Crippen molar-refractivity contribution in [2.75, 3.05) is 5.32 Å². The third-order valence-corrected chi connectivity index (χ3v) is 5.44. The zero-order chi connectivity index (χ0) is 16.6. The Labute approximate surface area is 145 Å². The lowest BCUT2D eigenvalue weighted by atomic mass is 10.1. The molecule has 0 aliphatic carbocycles. The highest BCUT2D eigenvalue weighted by Crippen LogP contribution is 2.31. The predicted octanol–water partition coefficient (Wildman–Crippen LogP) is 4.82. The first-order valence-corrected chi connectivity index (χ1v) is 8.54. The lowest BCUT2D eigenvalue weighted by molar-refractivity contribution is 0.101. The molecule has 0 fully saturated rings. The second-order valence-electron chi connectivity index (χ2n) is 5.12. The van der Waals surface area contributed by atoms with E-state index in [0.29, 0.717) is 16.1 Å². The van der Waals surface area contributed by atoms with Crippen molar-refractivity contribution in [2.24, 2.45) is 0 Å². The number of anilines is 1. The smallest absolute Gasteiger partial charge is 0.266 e. The predicted molar refractivity (Wildman–Crippen MR) is 96.5 cm³/mol. The maximum absolute atomic E-state index is 12.6. The van der Waals surface area contributed by atoms with E-state index in [0.717, 1.165) is 20.3 Å². The Bertz CT molecular complexity index is 933. The first-order valence-electron chi connectivity index (χ1n) is 6.93. The summed E-state index contributed by atoms with van der Waals surface area (Å²) in [6, 6.07) is 9.24. The Morgan fingerprint density at radius 2 is 2.00 bits per heavy atom. The number of hydrogen-bond donors (Lipinski definition) is 1. The molecule has 3 aromatic rings. The number of halogens is 1. The zero-order valence-electron chi connectivity index (χ0n) is 12.5. The van der Waals surface area contributed by atoms with Crippen LogP contribution in [-0.4, -0.2) is 16.7 Å². The number of aromatic nitrogens is 1. The van der Waals surface area contributed by atoms with Crippen LogP contribution in [0.1, 0.15) is 32.5 Å². The van der Waals surface area contributed by atoms with Crippen molar-refractivity contribution >= 4 is 54.9 Å². The number of fused-ring (bicyclic) bond motifs is 1. The molecular weight excluding hydrogens is 376 g/mol. The van der Waals surface area contributed by atoms with E-state index < -0.39 is 0 Å². The van der Waals surface area contributed by atoms with Gasteiger partial charge in [-0.2, -0.15) is 0 Å². The quantitative estimate of drug-likeness (QED) is 0.654. The molecule has 116 valence electrons. The Hall–Kier alpha value is -2.05. The van der Waals surface area contributed by atoms with E-state index in [4.69, 9.17) is 0 Å². The molecule has 4 nitrogen and oxygen atoms in total. The lowest BCUT2D eigenvalue weighted by Crippen LogP contribution is -2.11. The number of amides is 1. The summed E-state index contributed by atoms with van der Waals surface area (Å²) in [4.78, 5) is 29.7. The van der Waals surface area contributed by atoms with Gasteiger partial charge in [0.15, 0.2) is 5.78 Å². The van der Waals surface area contributed by atoms with Crippen molar-refractivity contribution in [2.45, 2.75) is 13.8 Å². The third kappa shape index (κ3) is 3.04. The van der Waals surface area contributed by atoms with Gasteiger partial charge < -0.3 is 5.32 Å². The molecule has 0 aliphatic heterocycles. The van der Waals surface area contributed by atoms with Crippen LogP contribution in [0.4, 0.5) is 5.69 Å². The van der Waals surface area contributed by atoms with Crippen molar-refractivity contribution in [1.29, 1.82) is 0 Å². The molecular formula is C17H13BrN2O2S. The monoisotopic (exact) mass is 388 g/mol. The molecule has 1 aromatic carbocycles. The number of nitrogens with one attached hydrogen (secondary N) is 1. The minimum absolute atomic E-state index is 0.0378. The Balaban J connectivity index is 1.99. The summed E-state index contributed by atoms with van der Waals surface area (Å²) in [6.45, 7) is 3.38. The summed E-state index contributed by atoms with van der Waals surface area (Å²) in [6.07, 6.45) is 1.55. The highest BCUT2D eigenvalue weighted by atomic mass is 79.9. The number of rotatable bonds is 3. The number of carbonyl (C=O) groups is 2. The fourth-order valence-electron chi connectivity index (χ4n) is 2.25. The minimum atomic E-state index is -0.179. The van der Waals surface area contributed by atoms with Crippen LogP contribution in [0, 0.1) is 6.92 Å². The van der Waals surface area contributed by atoms with E-state index in [-0.39, 0.29) is 11.7 Å². The molecule has 0 atom stereocenters. The summed E-state index contributed by atoms with van der Waals surface area (Å²) < 4.78 is 0.823. The average Bonchev–Trinajstić information content (AvgIpc) is 2.86. The van der Waals surface area contributed by atoms with Crippen LogP contribution >= 0.6 is 27.3 Å². The molecule has 1 amide bonds. The van der Waals surface area contributed by atoms with Crippen molar-refractivity contribution in [3.63, 3.8) is 0 Å². The number of nitrogens with zero attached hydrogens (tertiary/aromatic N) is 1. The average molecular weight is 389 g/mol. The largest absolute Gasteiger partial charge is 0.320 e. The maximum Gasteiger partial charge on any atom is 0.266 e. The first-order chi connectivity index (χ1) is 11.0.